The van der Waals surface area contributed by atoms with E-state index in [0.717, 1.165) is 25.4 Å². The molecule has 3 heteroatoms. The highest BCUT2D eigenvalue weighted by Gasteiger charge is 2.33. The van der Waals surface area contributed by atoms with Crippen molar-refractivity contribution in [1.82, 2.24) is 9.80 Å². The van der Waals surface area contributed by atoms with Crippen LogP contribution in [-0.4, -0.2) is 60.8 Å². The summed E-state index contributed by atoms with van der Waals surface area (Å²) in [4.78, 5) is 4.84. The van der Waals surface area contributed by atoms with Crippen molar-refractivity contribution in [3.8, 4) is 0 Å². The molecule has 0 saturated carbocycles. The second-order valence-electron chi connectivity index (χ2n) is 5.97. The summed E-state index contributed by atoms with van der Waals surface area (Å²) in [5, 5.41) is 9.01. The highest BCUT2D eigenvalue weighted by Crippen LogP contribution is 2.32. The molecule has 1 aliphatic heterocycles. The van der Waals surface area contributed by atoms with Gasteiger partial charge in [0.1, 0.15) is 0 Å². The smallest absolute Gasteiger partial charge is 0.0433 e. The summed E-state index contributed by atoms with van der Waals surface area (Å²) < 4.78 is 0. The SMILES string of the molecule is CN(C)CCN1CCC(CCO)CC1(C)C. The first kappa shape index (κ1) is 13.9. The van der Waals surface area contributed by atoms with Gasteiger partial charge < -0.3 is 10.0 Å². The summed E-state index contributed by atoms with van der Waals surface area (Å²) in [6.45, 7) is 8.50. The number of rotatable bonds is 5. The van der Waals surface area contributed by atoms with E-state index in [-0.39, 0.29) is 0 Å². The van der Waals surface area contributed by atoms with Crippen molar-refractivity contribution in [2.45, 2.75) is 38.6 Å². The normalized spacial score (nSPS) is 26.2. The van der Waals surface area contributed by atoms with Gasteiger partial charge in [0.15, 0.2) is 0 Å². The van der Waals surface area contributed by atoms with Gasteiger partial charge in [-0.1, -0.05) is 0 Å². The number of hydrogen-bond donors (Lipinski definition) is 1. The fraction of sp³-hybridized carbons (Fsp3) is 1.00. The molecule has 0 spiro atoms. The van der Waals surface area contributed by atoms with Crippen molar-refractivity contribution >= 4 is 0 Å². The maximum atomic E-state index is 9.01. The molecule has 1 rings (SSSR count). The lowest BCUT2D eigenvalue weighted by Gasteiger charge is -2.46. The molecule has 0 aromatic carbocycles. The van der Waals surface area contributed by atoms with Crippen LogP contribution in [0.2, 0.25) is 0 Å². The van der Waals surface area contributed by atoms with Crippen LogP contribution in [0, 0.1) is 5.92 Å². The number of piperidine rings is 1. The Labute approximate surface area is 100 Å². The van der Waals surface area contributed by atoms with Crippen LogP contribution in [0.1, 0.15) is 33.1 Å². The van der Waals surface area contributed by atoms with Crippen LogP contribution < -0.4 is 0 Å². The third-order valence-corrected chi connectivity index (χ3v) is 3.81. The first-order chi connectivity index (χ1) is 7.45. The molecular formula is C13H28N2O. The Bertz CT molecular complexity index is 204. The van der Waals surface area contributed by atoms with Crippen molar-refractivity contribution in [2.24, 2.45) is 5.92 Å². The van der Waals surface area contributed by atoms with E-state index in [0.29, 0.717) is 12.1 Å². The van der Waals surface area contributed by atoms with Crippen molar-refractivity contribution in [3.63, 3.8) is 0 Å². The standard InChI is InChI=1S/C13H28N2O/c1-13(2)11-12(6-10-16)5-7-15(13)9-8-14(3)4/h12,16H,5-11H2,1-4H3. The Morgan fingerprint density at radius 1 is 1.38 bits per heavy atom. The zero-order valence-electron chi connectivity index (χ0n) is 11.4. The van der Waals surface area contributed by atoms with Gasteiger partial charge in [-0.15, -0.1) is 0 Å². The van der Waals surface area contributed by atoms with E-state index in [9.17, 15) is 0 Å². The lowest BCUT2D eigenvalue weighted by atomic mass is 9.81. The topological polar surface area (TPSA) is 26.7 Å². The summed E-state index contributed by atoms with van der Waals surface area (Å²) in [6.07, 6.45) is 3.45. The van der Waals surface area contributed by atoms with E-state index in [1.54, 1.807) is 0 Å². The van der Waals surface area contributed by atoms with Crippen molar-refractivity contribution in [2.75, 3.05) is 40.3 Å². The van der Waals surface area contributed by atoms with Crippen LogP contribution in [0.5, 0.6) is 0 Å². The number of likely N-dealkylation sites (tertiary alicyclic amines) is 1. The number of aliphatic hydroxyl groups is 1. The molecule has 16 heavy (non-hydrogen) atoms. The molecule has 0 aromatic heterocycles. The van der Waals surface area contributed by atoms with Crippen LogP contribution >= 0.6 is 0 Å². The van der Waals surface area contributed by atoms with E-state index in [1.807, 2.05) is 0 Å². The zero-order chi connectivity index (χ0) is 12.2. The van der Waals surface area contributed by atoms with Gasteiger partial charge in [0, 0.05) is 25.2 Å². The first-order valence-electron chi connectivity index (χ1n) is 6.46. The molecule has 0 amide bonds. The fourth-order valence-electron chi connectivity index (χ4n) is 2.74. The van der Waals surface area contributed by atoms with E-state index in [4.69, 9.17) is 5.11 Å². The monoisotopic (exact) mass is 228 g/mol. The molecule has 1 fully saturated rings. The fourth-order valence-corrected chi connectivity index (χ4v) is 2.74. The van der Waals surface area contributed by atoms with Gasteiger partial charge in [-0.3, -0.25) is 4.90 Å². The van der Waals surface area contributed by atoms with Gasteiger partial charge in [0.05, 0.1) is 0 Å². The van der Waals surface area contributed by atoms with Crippen LogP contribution in [-0.2, 0) is 0 Å². The second-order valence-corrected chi connectivity index (χ2v) is 5.97. The minimum atomic E-state index is 0.300. The third kappa shape index (κ3) is 4.04. The Morgan fingerprint density at radius 3 is 2.56 bits per heavy atom. The molecule has 0 aliphatic carbocycles. The molecule has 1 aliphatic rings. The molecule has 1 heterocycles. The summed E-state index contributed by atoms with van der Waals surface area (Å²) in [7, 11) is 4.26. The number of nitrogens with zero attached hydrogens (tertiary/aromatic N) is 2. The van der Waals surface area contributed by atoms with E-state index < -0.39 is 0 Å². The van der Waals surface area contributed by atoms with Crippen LogP contribution in [0.15, 0.2) is 0 Å². The average Bonchev–Trinajstić information content (AvgIpc) is 2.15. The molecular weight excluding hydrogens is 200 g/mol. The van der Waals surface area contributed by atoms with E-state index >= 15 is 0 Å². The maximum Gasteiger partial charge on any atom is 0.0433 e. The van der Waals surface area contributed by atoms with Crippen LogP contribution in [0.25, 0.3) is 0 Å². The van der Waals surface area contributed by atoms with Gasteiger partial charge in [-0.25, -0.2) is 0 Å². The van der Waals surface area contributed by atoms with E-state index in [1.165, 1.54) is 19.4 Å². The van der Waals surface area contributed by atoms with Crippen LogP contribution in [0.4, 0.5) is 0 Å². The Hall–Kier alpha value is -0.120. The number of aliphatic hydroxyl groups excluding tert-OH is 1. The summed E-state index contributed by atoms with van der Waals surface area (Å²) in [5.41, 5.74) is 0.300. The molecule has 1 saturated heterocycles. The molecule has 0 radical (unpaired) electrons. The van der Waals surface area contributed by atoms with Gasteiger partial charge in [0.2, 0.25) is 0 Å². The minimum Gasteiger partial charge on any atom is -0.396 e. The summed E-state index contributed by atoms with van der Waals surface area (Å²) in [6, 6.07) is 0. The highest BCUT2D eigenvalue weighted by atomic mass is 16.3. The molecule has 1 atom stereocenters. The Kier molecular flexibility index (Phi) is 5.22. The number of likely N-dealkylation sites (N-methyl/N-ethyl adjacent to an activating group) is 1. The van der Waals surface area contributed by atoms with Gasteiger partial charge in [-0.05, 0) is 59.7 Å². The number of hydrogen-bond acceptors (Lipinski definition) is 3. The molecule has 96 valence electrons. The van der Waals surface area contributed by atoms with E-state index in [2.05, 4.69) is 37.7 Å². The predicted molar refractivity (Wildman–Crippen MR) is 68.6 cm³/mol. The van der Waals surface area contributed by atoms with Crippen molar-refractivity contribution < 1.29 is 5.11 Å². The quantitative estimate of drug-likeness (QED) is 0.771. The Morgan fingerprint density at radius 2 is 2.06 bits per heavy atom. The van der Waals surface area contributed by atoms with Crippen molar-refractivity contribution in [1.29, 1.82) is 0 Å². The van der Waals surface area contributed by atoms with Gasteiger partial charge in [0.25, 0.3) is 0 Å². The van der Waals surface area contributed by atoms with Crippen LogP contribution in [0.3, 0.4) is 0 Å². The predicted octanol–water partition coefficient (Wildman–Crippen LogP) is 1.42. The Balaban J connectivity index is 2.43. The molecule has 0 aromatic rings. The lowest BCUT2D eigenvalue weighted by molar-refractivity contribution is 0.0347. The zero-order valence-corrected chi connectivity index (χ0v) is 11.4. The second kappa shape index (κ2) is 5.99. The van der Waals surface area contributed by atoms with Crippen molar-refractivity contribution in [3.05, 3.63) is 0 Å². The maximum absolute atomic E-state index is 9.01. The molecule has 0 bridgehead atoms. The average molecular weight is 228 g/mol. The first-order valence-corrected chi connectivity index (χ1v) is 6.46. The van der Waals surface area contributed by atoms with Gasteiger partial charge >= 0.3 is 0 Å². The summed E-state index contributed by atoms with van der Waals surface area (Å²) in [5.74, 6) is 0.718. The summed E-state index contributed by atoms with van der Waals surface area (Å²) >= 11 is 0. The minimum absolute atomic E-state index is 0.300. The largest absolute Gasteiger partial charge is 0.396 e. The molecule has 1 unspecified atom stereocenters. The highest BCUT2D eigenvalue weighted by molar-refractivity contribution is 4.89. The third-order valence-electron chi connectivity index (χ3n) is 3.81. The van der Waals surface area contributed by atoms with Gasteiger partial charge in [-0.2, -0.15) is 0 Å². The molecule has 1 N–H and O–H groups in total. The molecule has 3 nitrogen and oxygen atoms in total. The lowest BCUT2D eigenvalue weighted by Crippen LogP contribution is -2.51.